The van der Waals surface area contributed by atoms with Crippen molar-refractivity contribution in [3.8, 4) is 0 Å². The van der Waals surface area contributed by atoms with E-state index in [4.69, 9.17) is 0 Å². The van der Waals surface area contributed by atoms with Crippen molar-refractivity contribution in [1.82, 2.24) is 4.48 Å². The van der Waals surface area contributed by atoms with Crippen LogP contribution in [0.15, 0.2) is 24.3 Å². The van der Waals surface area contributed by atoms with Gasteiger partial charge in [-0.15, -0.1) is 0 Å². The van der Waals surface area contributed by atoms with Crippen molar-refractivity contribution in [2.45, 2.75) is 71.6 Å². The summed E-state index contributed by atoms with van der Waals surface area (Å²) in [5, 5.41) is 0. The number of rotatable bonds is 8. The lowest BCUT2D eigenvalue weighted by atomic mass is 10.0. The number of hydrogen-bond donors (Lipinski definition) is 0. The SMILES string of the molecule is CCCCCCCC[N+]1(c2ccc(C)cc2)CCCCC1. The number of quaternary nitrogens is 1. The van der Waals surface area contributed by atoms with Crippen molar-refractivity contribution in [2.75, 3.05) is 19.6 Å². The molecule has 1 aliphatic heterocycles. The smallest absolute Gasteiger partial charge is 0.132 e. The number of hydrogen-bond acceptors (Lipinski definition) is 0. The maximum atomic E-state index is 2.39. The largest absolute Gasteiger partial charge is 0.291 e. The van der Waals surface area contributed by atoms with Crippen LogP contribution in [0.3, 0.4) is 0 Å². The monoisotopic (exact) mass is 288 g/mol. The third kappa shape index (κ3) is 4.85. The Kier molecular flexibility index (Phi) is 6.76. The van der Waals surface area contributed by atoms with Gasteiger partial charge in [0, 0.05) is 0 Å². The van der Waals surface area contributed by atoms with Crippen molar-refractivity contribution in [1.29, 1.82) is 0 Å². The average Bonchev–Trinajstić information content (AvgIpc) is 2.52. The average molecular weight is 288 g/mol. The predicted octanol–water partition coefficient (Wildman–Crippen LogP) is 5.85. The maximum Gasteiger partial charge on any atom is 0.132 e. The highest BCUT2D eigenvalue weighted by Gasteiger charge is 2.31. The van der Waals surface area contributed by atoms with Crippen molar-refractivity contribution >= 4 is 5.69 Å². The molecule has 1 aromatic carbocycles. The van der Waals surface area contributed by atoms with Gasteiger partial charge in [0.15, 0.2) is 0 Å². The third-order valence-corrected chi connectivity index (χ3v) is 5.19. The third-order valence-electron chi connectivity index (χ3n) is 5.19. The van der Waals surface area contributed by atoms with E-state index in [1.165, 1.54) is 87.5 Å². The van der Waals surface area contributed by atoms with E-state index in [1.807, 2.05) is 0 Å². The number of unbranched alkanes of at least 4 members (excludes halogenated alkanes) is 5. The van der Waals surface area contributed by atoms with Gasteiger partial charge in [-0.05, 0) is 51.2 Å². The molecule has 0 N–H and O–H groups in total. The minimum absolute atomic E-state index is 1.26. The summed E-state index contributed by atoms with van der Waals surface area (Å²) in [6.45, 7) is 8.56. The molecular weight excluding hydrogens is 254 g/mol. The summed E-state index contributed by atoms with van der Waals surface area (Å²) in [4.78, 5) is 0. The first kappa shape index (κ1) is 16.5. The van der Waals surface area contributed by atoms with Gasteiger partial charge in [0.05, 0.1) is 19.6 Å². The van der Waals surface area contributed by atoms with E-state index in [1.54, 1.807) is 5.69 Å². The second kappa shape index (κ2) is 8.58. The fraction of sp³-hybridized carbons (Fsp3) is 0.700. The lowest BCUT2D eigenvalue weighted by Crippen LogP contribution is -2.53. The zero-order valence-corrected chi connectivity index (χ0v) is 14.2. The highest BCUT2D eigenvalue weighted by Crippen LogP contribution is 2.29. The standard InChI is InChI=1S/C20H34N/c1-3-4-5-6-7-9-16-21(17-10-8-11-18-21)20-14-12-19(2)13-15-20/h12-15H,3-11,16-18H2,1-2H3/q+1. The number of nitrogens with zero attached hydrogens (tertiary/aromatic N) is 1. The van der Waals surface area contributed by atoms with Crippen LogP contribution >= 0.6 is 0 Å². The first-order valence-corrected chi connectivity index (χ1v) is 9.20. The second-order valence-electron chi connectivity index (χ2n) is 6.98. The lowest BCUT2D eigenvalue weighted by molar-refractivity contribution is 0.224. The number of aryl methyl sites for hydroxylation is 1. The van der Waals surface area contributed by atoms with Crippen LogP contribution in [0.4, 0.5) is 5.69 Å². The normalized spacial score (nSPS) is 17.8. The lowest BCUT2D eigenvalue weighted by Gasteiger charge is -2.41. The molecule has 0 spiro atoms. The molecule has 118 valence electrons. The van der Waals surface area contributed by atoms with Crippen LogP contribution < -0.4 is 4.48 Å². The zero-order chi connectivity index (χ0) is 15.0. The molecule has 0 radical (unpaired) electrons. The van der Waals surface area contributed by atoms with Crippen LogP contribution in [0.5, 0.6) is 0 Å². The first-order valence-electron chi connectivity index (χ1n) is 9.20. The molecular formula is C20H34N+. The Balaban J connectivity index is 1.92. The number of piperidine rings is 1. The molecule has 1 aliphatic rings. The minimum Gasteiger partial charge on any atom is -0.291 e. The van der Waals surface area contributed by atoms with Crippen LogP contribution in [-0.4, -0.2) is 19.6 Å². The summed E-state index contributed by atoms with van der Waals surface area (Å²) < 4.78 is 1.26. The van der Waals surface area contributed by atoms with E-state index in [-0.39, 0.29) is 0 Å². The van der Waals surface area contributed by atoms with Gasteiger partial charge in [0.25, 0.3) is 0 Å². The van der Waals surface area contributed by atoms with Gasteiger partial charge in [-0.3, -0.25) is 4.48 Å². The van der Waals surface area contributed by atoms with E-state index in [0.717, 1.165) is 0 Å². The summed E-state index contributed by atoms with van der Waals surface area (Å²) >= 11 is 0. The molecule has 1 heteroatoms. The molecule has 0 aliphatic carbocycles. The molecule has 1 fully saturated rings. The van der Waals surface area contributed by atoms with Crippen LogP contribution in [0, 0.1) is 6.92 Å². The molecule has 1 saturated heterocycles. The molecule has 0 aromatic heterocycles. The van der Waals surface area contributed by atoms with E-state index >= 15 is 0 Å². The molecule has 1 heterocycles. The van der Waals surface area contributed by atoms with Crippen LogP contribution in [0.25, 0.3) is 0 Å². The molecule has 21 heavy (non-hydrogen) atoms. The molecule has 0 unspecified atom stereocenters. The van der Waals surface area contributed by atoms with E-state index in [0.29, 0.717) is 0 Å². The van der Waals surface area contributed by atoms with Crippen LogP contribution in [-0.2, 0) is 0 Å². The Morgan fingerprint density at radius 3 is 2.10 bits per heavy atom. The number of benzene rings is 1. The highest BCUT2D eigenvalue weighted by atomic mass is 15.4. The van der Waals surface area contributed by atoms with E-state index < -0.39 is 0 Å². The Hall–Kier alpha value is -0.820. The predicted molar refractivity (Wildman–Crippen MR) is 94.8 cm³/mol. The first-order chi connectivity index (χ1) is 10.3. The Morgan fingerprint density at radius 2 is 1.43 bits per heavy atom. The van der Waals surface area contributed by atoms with Gasteiger partial charge in [0.2, 0.25) is 0 Å². The number of likely N-dealkylation sites (tertiary alicyclic amines) is 1. The molecule has 0 bridgehead atoms. The van der Waals surface area contributed by atoms with Gasteiger partial charge < -0.3 is 0 Å². The van der Waals surface area contributed by atoms with E-state index in [9.17, 15) is 0 Å². The van der Waals surface area contributed by atoms with E-state index in [2.05, 4.69) is 38.1 Å². The van der Waals surface area contributed by atoms with Crippen molar-refractivity contribution in [3.05, 3.63) is 29.8 Å². The Labute approximate surface area is 132 Å². The van der Waals surface area contributed by atoms with Crippen LogP contribution in [0.2, 0.25) is 0 Å². The van der Waals surface area contributed by atoms with Gasteiger partial charge >= 0.3 is 0 Å². The van der Waals surface area contributed by atoms with Gasteiger partial charge in [-0.1, -0.05) is 50.3 Å². The Bertz CT molecular complexity index is 387. The van der Waals surface area contributed by atoms with Crippen molar-refractivity contribution < 1.29 is 0 Å². The quantitative estimate of drug-likeness (QED) is 0.416. The molecule has 0 amide bonds. The second-order valence-corrected chi connectivity index (χ2v) is 6.98. The summed E-state index contributed by atoms with van der Waals surface area (Å²) in [5.74, 6) is 0. The minimum atomic E-state index is 1.26. The van der Waals surface area contributed by atoms with Gasteiger partial charge in [-0.2, -0.15) is 0 Å². The summed E-state index contributed by atoms with van der Waals surface area (Å²) in [6.07, 6.45) is 12.7. The van der Waals surface area contributed by atoms with Crippen molar-refractivity contribution in [2.24, 2.45) is 0 Å². The summed E-state index contributed by atoms with van der Waals surface area (Å²) in [6, 6.07) is 9.37. The van der Waals surface area contributed by atoms with Gasteiger partial charge in [-0.25, -0.2) is 0 Å². The fourth-order valence-electron chi connectivity index (χ4n) is 3.78. The highest BCUT2D eigenvalue weighted by molar-refractivity contribution is 5.44. The van der Waals surface area contributed by atoms with Crippen LogP contribution in [0.1, 0.15) is 70.3 Å². The fourth-order valence-corrected chi connectivity index (χ4v) is 3.78. The molecule has 0 saturated carbocycles. The molecule has 1 aromatic rings. The van der Waals surface area contributed by atoms with Crippen molar-refractivity contribution in [3.63, 3.8) is 0 Å². The topological polar surface area (TPSA) is 0 Å². The Morgan fingerprint density at radius 1 is 0.810 bits per heavy atom. The summed E-state index contributed by atoms with van der Waals surface area (Å²) in [7, 11) is 0. The molecule has 1 nitrogen and oxygen atoms in total. The molecule has 0 atom stereocenters. The maximum absolute atomic E-state index is 2.39. The van der Waals surface area contributed by atoms with Gasteiger partial charge in [0.1, 0.15) is 5.69 Å². The molecule has 2 rings (SSSR count). The zero-order valence-electron chi connectivity index (χ0n) is 14.2. The summed E-state index contributed by atoms with van der Waals surface area (Å²) in [5.41, 5.74) is 2.95.